The van der Waals surface area contributed by atoms with Gasteiger partial charge in [0.25, 0.3) is 0 Å². The molecule has 0 saturated heterocycles. The molecule has 1 unspecified atom stereocenters. The molecule has 2 fully saturated rings. The zero-order valence-electron chi connectivity index (χ0n) is 13.2. The monoisotopic (exact) mass is 280 g/mol. The third-order valence-electron chi connectivity index (χ3n) is 5.73. The van der Waals surface area contributed by atoms with E-state index in [1.165, 1.54) is 64.2 Å². The number of hydrogen-bond donors (Lipinski definition) is 1. The van der Waals surface area contributed by atoms with Crippen molar-refractivity contribution < 1.29 is 9.90 Å². The molecule has 1 spiro atoms. The fraction of sp³-hybridized carbons (Fsp3) is 0.944. The molecule has 0 aliphatic heterocycles. The van der Waals surface area contributed by atoms with E-state index in [9.17, 15) is 9.90 Å². The molecule has 0 aromatic rings. The molecule has 2 aliphatic rings. The average molecular weight is 280 g/mol. The first-order valence-corrected chi connectivity index (χ1v) is 8.88. The van der Waals surface area contributed by atoms with Crippen molar-refractivity contribution in [1.82, 2.24) is 0 Å². The van der Waals surface area contributed by atoms with Crippen LogP contribution in [0.3, 0.4) is 0 Å². The minimum Gasteiger partial charge on any atom is -0.481 e. The summed E-state index contributed by atoms with van der Waals surface area (Å²) in [7, 11) is 0. The molecule has 1 N–H and O–H groups in total. The second kappa shape index (κ2) is 7.47. The summed E-state index contributed by atoms with van der Waals surface area (Å²) in [5.74, 6) is 0.105. The van der Waals surface area contributed by atoms with Crippen LogP contribution < -0.4 is 0 Å². The maximum Gasteiger partial charge on any atom is 0.306 e. The van der Waals surface area contributed by atoms with Crippen molar-refractivity contribution in [1.29, 1.82) is 0 Å². The molecule has 0 radical (unpaired) electrons. The first-order chi connectivity index (χ1) is 9.65. The fourth-order valence-corrected chi connectivity index (χ4v) is 4.33. The lowest BCUT2D eigenvalue weighted by molar-refractivity contribution is -0.144. The van der Waals surface area contributed by atoms with Crippen molar-refractivity contribution >= 4 is 5.97 Å². The van der Waals surface area contributed by atoms with Crippen molar-refractivity contribution in [3.63, 3.8) is 0 Å². The molecule has 116 valence electrons. The number of unbranched alkanes of at least 4 members (excludes halogenated alkanes) is 5. The van der Waals surface area contributed by atoms with Gasteiger partial charge in [0.05, 0.1) is 5.92 Å². The smallest absolute Gasteiger partial charge is 0.306 e. The van der Waals surface area contributed by atoms with Gasteiger partial charge in [-0.25, -0.2) is 0 Å². The summed E-state index contributed by atoms with van der Waals surface area (Å²) >= 11 is 0. The Morgan fingerprint density at radius 1 is 1.15 bits per heavy atom. The lowest BCUT2D eigenvalue weighted by Crippen LogP contribution is -2.43. The number of hydrogen-bond acceptors (Lipinski definition) is 1. The lowest BCUT2D eigenvalue weighted by Gasteiger charge is -2.55. The summed E-state index contributed by atoms with van der Waals surface area (Å²) in [5.41, 5.74) is 0.688. The van der Waals surface area contributed by atoms with Gasteiger partial charge in [-0.05, 0) is 49.9 Å². The van der Waals surface area contributed by atoms with Crippen LogP contribution in [0, 0.1) is 17.3 Å². The molecule has 2 nitrogen and oxygen atoms in total. The Hall–Kier alpha value is -0.530. The highest BCUT2D eigenvalue weighted by atomic mass is 16.4. The normalized spacial score (nSPS) is 22.2. The molecule has 0 bridgehead atoms. The largest absolute Gasteiger partial charge is 0.481 e. The van der Waals surface area contributed by atoms with Crippen LogP contribution in [0.5, 0.6) is 0 Å². The first kappa shape index (κ1) is 15.9. The molecule has 2 heteroatoms. The summed E-state index contributed by atoms with van der Waals surface area (Å²) in [4.78, 5) is 11.4. The standard InChI is InChI=1S/C18H32O2/c1-2-3-4-5-6-7-9-16(17(19)20)12-15-13-18(14-15)10-8-11-18/h15-16H,2-14H2,1H3,(H,19,20). The first-order valence-electron chi connectivity index (χ1n) is 8.88. The summed E-state index contributed by atoms with van der Waals surface area (Å²) in [6, 6.07) is 0. The highest BCUT2D eigenvalue weighted by Crippen LogP contribution is 2.60. The summed E-state index contributed by atoms with van der Waals surface area (Å²) in [6.07, 6.45) is 16.3. The van der Waals surface area contributed by atoms with Crippen LogP contribution in [0.2, 0.25) is 0 Å². The van der Waals surface area contributed by atoms with Gasteiger partial charge >= 0.3 is 5.97 Å². The van der Waals surface area contributed by atoms with Gasteiger partial charge in [0.15, 0.2) is 0 Å². The zero-order chi connectivity index (χ0) is 14.4. The van der Waals surface area contributed by atoms with E-state index in [1.54, 1.807) is 0 Å². The second-order valence-electron chi connectivity index (χ2n) is 7.46. The molecule has 2 aliphatic carbocycles. The maximum atomic E-state index is 11.4. The molecule has 1 atom stereocenters. The second-order valence-corrected chi connectivity index (χ2v) is 7.46. The van der Waals surface area contributed by atoms with Gasteiger partial charge in [-0.1, -0.05) is 51.9 Å². The molecule has 2 saturated carbocycles. The minimum atomic E-state index is -0.548. The molecular formula is C18H32O2. The predicted octanol–water partition coefficient (Wildman–Crippen LogP) is 5.41. The van der Waals surface area contributed by atoms with Crippen LogP contribution in [0.15, 0.2) is 0 Å². The van der Waals surface area contributed by atoms with Gasteiger partial charge < -0.3 is 5.11 Å². The van der Waals surface area contributed by atoms with Gasteiger partial charge in [-0.2, -0.15) is 0 Å². The van der Waals surface area contributed by atoms with Gasteiger partial charge in [-0.3, -0.25) is 4.79 Å². The Labute approximate surface area is 124 Å². The summed E-state index contributed by atoms with van der Waals surface area (Å²) in [6.45, 7) is 2.23. The Morgan fingerprint density at radius 2 is 1.80 bits per heavy atom. The highest BCUT2D eigenvalue weighted by Gasteiger charge is 2.48. The Kier molecular flexibility index (Phi) is 5.92. The van der Waals surface area contributed by atoms with Gasteiger partial charge in [0.1, 0.15) is 0 Å². The van der Waals surface area contributed by atoms with Crippen LogP contribution >= 0.6 is 0 Å². The van der Waals surface area contributed by atoms with Crippen LogP contribution in [0.4, 0.5) is 0 Å². The van der Waals surface area contributed by atoms with Crippen molar-refractivity contribution in [2.45, 2.75) is 90.4 Å². The van der Waals surface area contributed by atoms with E-state index in [0.29, 0.717) is 5.41 Å². The fourth-order valence-electron chi connectivity index (χ4n) is 4.33. The van der Waals surface area contributed by atoms with Crippen molar-refractivity contribution in [2.75, 3.05) is 0 Å². The van der Waals surface area contributed by atoms with Crippen LogP contribution in [-0.4, -0.2) is 11.1 Å². The van der Waals surface area contributed by atoms with E-state index in [4.69, 9.17) is 0 Å². The van der Waals surface area contributed by atoms with E-state index >= 15 is 0 Å². The van der Waals surface area contributed by atoms with Crippen molar-refractivity contribution in [2.24, 2.45) is 17.3 Å². The van der Waals surface area contributed by atoms with Crippen molar-refractivity contribution in [3.8, 4) is 0 Å². The molecule has 0 heterocycles. The average Bonchev–Trinajstić information content (AvgIpc) is 2.32. The van der Waals surface area contributed by atoms with Crippen LogP contribution in [0.25, 0.3) is 0 Å². The lowest BCUT2D eigenvalue weighted by atomic mass is 9.50. The van der Waals surface area contributed by atoms with Gasteiger partial charge in [0, 0.05) is 0 Å². The third kappa shape index (κ3) is 4.23. The van der Waals surface area contributed by atoms with Crippen LogP contribution in [0.1, 0.15) is 90.4 Å². The number of rotatable bonds is 10. The molecular weight excluding hydrogens is 248 g/mol. The summed E-state index contributed by atoms with van der Waals surface area (Å²) < 4.78 is 0. The SMILES string of the molecule is CCCCCCCCC(CC1CC2(CCC2)C1)C(=O)O. The van der Waals surface area contributed by atoms with Crippen molar-refractivity contribution in [3.05, 3.63) is 0 Å². The summed E-state index contributed by atoms with van der Waals surface area (Å²) in [5, 5.41) is 9.38. The molecule has 0 aromatic heterocycles. The number of aliphatic carboxylic acids is 1. The Bertz CT molecular complexity index is 299. The number of carbonyl (C=O) groups is 1. The molecule has 2 rings (SSSR count). The van der Waals surface area contributed by atoms with E-state index in [0.717, 1.165) is 25.2 Å². The zero-order valence-corrected chi connectivity index (χ0v) is 13.2. The Balaban J connectivity index is 1.57. The molecule has 0 aromatic carbocycles. The van der Waals surface area contributed by atoms with E-state index < -0.39 is 5.97 Å². The third-order valence-corrected chi connectivity index (χ3v) is 5.73. The minimum absolute atomic E-state index is 0.0661. The highest BCUT2D eigenvalue weighted by molar-refractivity contribution is 5.69. The van der Waals surface area contributed by atoms with E-state index in [-0.39, 0.29) is 5.92 Å². The number of carboxylic acid groups (broad SMARTS) is 1. The van der Waals surface area contributed by atoms with Gasteiger partial charge in [0.2, 0.25) is 0 Å². The molecule has 0 amide bonds. The number of carboxylic acids is 1. The topological polar surface area (TPSA) is 37.3 Å². The Morgan fingerprint density at radius 3 is 2.35 bits per heavy atom. The quantitative estimate of drug-likeness (QED) is 0.543. The van der Waals surface area contributed by atoms with E-state index in [2.05, 4.69) is 6.92 Å². The maximum absolute atomic E-state index is 11.4. The van der Waals surface area contributed by atoms with E-state index in [1.807, 2.05) is 0 Å². The van der Waals surface area contributed by atoms with Crippen LogP contribution in [-0.2, 0) is 4.79 Å². The molecule has 20 heavy (non-hydrogen) atoms. The van der Waals surface area contributed by atoms with Gasteiger partial charge in [-0.15, -0.1) is 0 Å². The predicted molar refractivity (Wildman–Crippen MR) is 82.7 cm³/mol.